The molecule has 0 aliphatic carbocycles. The first-order chi connectivity index (χ1) is 26.0. The van der Waals surface area contributed by atoms with Crippen LogP contribution in [0.2, 0.25) is 0 Å². The molecule has 54 heavy (non-hydrogen) atoms. The number of amides is 4. The lowest BCUT2D eigenvalue weighted by atomic mass is 9.92. The summed E-state index contributed by atoms with van der Waals surface area (Å²) in [7, 11) is 1.40. The third-order valence-electron chi connectivity index (χ3n) is 8.88. The number of ether oxygens (including phenoxy) is 6. The number of nitrogens with one attached hydrogen (secondary N) is 4. The van der Waals surface area contributed by atoms with Gasteiger partial charge < -0.3 is 49.7 Å². The molecule has 0 spiro atoms. The molecule has 304 valence electrons. The molecule has 1 aromatic rings. The maximum atomic E-state index is 12.2. The number of rotatable bonds is 28. The van der Waals surface area contributed by atoms with Crippen LogP contribution in [0.3, 0.4) is 0 Å². The van der Waals surface area contributed by atoms with Crippen LogP contribution in [0.1, 0.15) is 83.8 Å². The molecule has 3 rings (SSSR count). The van der Waals surface area contributed by atoms with Crippen LogP contribution in [-0.4, -0.2) is 118 Å². The fourth-order valence-corrected chi connectivity index (χ4v) is 7.77. The summed E-state index contributed by atoms with van der Waals surface area (Å²) < 4.78 is 32.8. The van der Waals surface area contributed by atoms with E-state index in [2.05, 4.69) is 28.2 Å². The van der Waals surface area contributed by atoms with E-state index in [1.165, 1.54) is 19.2 Å². The van der Waals surface area contributed by atoms with Gasteiger partial charge >= 0.3 is 12.0 Å². The van der Waals surface area contributed by atoms with Gasteiger partial charge in [-0.25, -0.2) is 4.79 Å². The Hall–Kier alpha value is -3.87. The van der Waals surface area contributed by atoms with E-state index in [4.69, 9.17) is 28.4 Å². The van der Waals surface area contributed by atoms with E-state index in [0.717, 1.165) is 25.0 Å². The van der Waals surface area contributed by atoms with Gasteiger partial charge in [-0.05, 0) is 45.6 Å². The zero-order chi connectivity index (χ0) is 39.3. The summed E-state index contributed by atoms with van der Waals surface area (Å²) in [6.07, 6.45) is 3.68. The van der Waals surface area contributed by atoms with Crippen LogP contribution in [0.25, 0.3) is 0 Å². The molecule has 2 aliphatic rings. The van der Waals surface area contributed by atoms with E-state index >= 15 is 0 Å². The highest BCUT2D eigenvalue weighted by molar-refractivity contribution is 8.00. The van der Waals surface area contributed by atoms with Crippen molar-refractivity contribution in [1.82, 2.24) is 21.3 Å². The molecule has 17 nitrogen and oxygen atoms in total. The van der Waals surface area contributed by atoms with Crippen molar-refractivity contribution in [1.29, 1.82) is 0 Å². The second-order valence-corrected chi connectivity index (χ2v) is 14.5. The highest BCUT2D eigenvalue weighted by atomic mass is 32.2. The molecule has 18 heteroatoms. The van der Waals surface area contributed by atoms with Crippen molar-refractivity contribution in [2.45, 2.75) is 95.1 Å². The van der Waals surface area contributed by atoms with Crippen molar-refractivity contribution < 1.29 is 52.5 Å². The van der Waals surface area contributed by atoms with Crippen LogP contribution < -0.4 is 30.7 Å². The van der Waals surface area contributed by atoms with Gasteiger partial charge in [-0.2, -0.15) is 11.8 Å². The minimum atomic E-state index is -0.852. The number of urea groups is 1. The van der Waals surface area contributed by atoms with E-state index in [-0.39, 0.29) is 71.6 Å². The number of benzene rings is 1. The molecule has 0 bridgehead atoms. The van der Waals surface area contributed by atoms with Crippen molar-refractivity contribution in [3.8, 4) is 11.5 Å². The maximum Gasteiger partial charge on any atom is 0.315 e. The first kappa shape index (κ1) is 44.5. The Bertz CT molecular complexity index is 1390. The zero-order valence-electron chi connectivity index (χ0n) is 31.9. The second-order valence-electron chi connectivity index (χ2n) is 13.3. The number of methoxy groups -OCH3 is 1. The van der Waals surface area contributed by atoms with Gasteiger partial charge in [-0.15, -0.1) is 0 Å². The number of hydrogen-bond donors (Lipinski definition) is 4. The summed E-state index contributed by atoms with van der Waals surface area (Å²) in [6, 6.07) is 2.72. The molecule has 2 heterocycles. The smallest absolute Gasteiger partial charge is 0.315 e. The van der Waals surface area contributed by atoms with Gasteiger partial charge in [0.2, 0.25) is 11.8 Å². The number of nitro benzene ring substituents is 1. The highest BCUT2D eigenvalue weighted by Gasteiger charge is 2.51. The summed E-state index contributed by atoms with van der Waals surface area (Å²) >= 11 is 1.88. The Morgan fingerprint density at radius 2 is 1.57 bits per heavy atom. The summed E-state index contributed by atoms with van der Waals surface area (Å²) in [4.78, 5) is 59.1. The molecule has 0 radical (unpaired) electrons. The lowest BCUT2D eigenvalue weighted by Crippen LogP contribution is -2.47. The van der Waals surface area contributed by atoms with Gasteiger partial charge in [0, 0.05) is 43.4 Å². The van der Waals surface area contributed by atoms with Gasteiger partial charge in [0.25, 0.3) is 5.69 Å². The van der Waals surface area contributed by atoms with Gasteiger partial charge in [0.1, 0.15) is 6.10 Å². The Labute approximate surface area is 321 Å². The van der Waals surface area contributed by atoms with Crippen LogP contribution in [0, 0.1) is 10.1 Å². The molecule has 0 saturated carbocycles. The number of carbonyl (C=O) groups is 4. The van der Waals surface area contributed by atoms with Gasteiger partial charge in [0.05, 0.1) is 81.5 Å². The molecule has 2 fully saturated rings. The minimum absolute atomic E-state index is 0.00540. The van der Waals surface area contributed by atoms with Gasteiger partial charge in [-0.3, -0.25) is 24.5 Å². The third kappa shape index (κ3) is 15.1. The van der Waals surface area contributed by atoms with Crippen molar-refractivity contribution in [3.63, 3.8) is 0 Å². The molecule has 2 saturated heterocycles. The fourth-order valence-electron chi connectivity index (χ4n) is 6.06. The predicted octanol–water partition coefficient (Wildman–Crippen LogP) is 3.56. The summed E-state index contributed by atoms with van der Waals surface area (Å²) in [6.45, 7) is 8.59. The largest absolute Gasteiger partial charge is 0.493 e. The minimum Gasteiger partial charge on any atom is -0.493 e. The molecule has 4 N–H and O–H groups in total. The fraction of sp³-hybridized carbons (Fsp3) is 0.722. The Kier molecular flexibility index (Phi) is 19.6. The molecule has 1 unspecified atom stereocenters. The number of nitro groups is 1. The normalized spacial score (nSPS) is 19.3. The molecule has 2 aliphatic heterocycles. The molecule has 0 aromatic heterocycles. The monoisotopic (exact) mass is 783 g/mol. The zero-order valence-corrected chi connectivity index (χ0v) is 32.7. The lowest BCUT2D eigenvalue weighted by Gasteiger charge is -2.23. The van der Waals surface area contributed by atoms with Crippen LogP contribution in [0.15, 0.2) is 12.1 Å². The Balaban J connectivity index is 1.13. The maximum absolute atomic E-state index is 12.2. The van der Waals surface area contributed by atoms with Gasteiger partial charge in [-0.1, -0.05) is 13.3 Å². The number of carbonyl (C=O) groups excluding carboxylic acids is 4. The number of esters is 1. The Morgan fingerprint density at radius 3 is 2.19 bits per heavy atom. The molecular formula is C36H57N5O12S. The third-order valence-corrected chi connectivity index (χ3v) is 10.6. The van der Waals surface area contributed by atoms with E-state index in [0.29, 0.717) is 77.2 Å². The van der Waals surface area contributed by atoms with Crippen LogP contribution in [-0.2, 0) is 33.3 Å². The first-order valence-electron chi connectivity index (χ1n) is 18.6. The highest BCUT2D eigenvalue weighted by Crippen LogP contribution is 2.40. The Morgan fingerprint density at radius 1 is 0.944 bits per heavy atom. The van der Waals surface area contributed by atoms with E-state index in [9.17, 15) is 29.3 Å². The molecule has 4 atom stereocenters. The number of thioether (sulfide) groups is 1. The van der Waals surface area contributed by atoms with Crippen LogP contribution in [0.5, 0.6) is 11.5 Å². The predicted molar refractivity (Wildman–Crippen MR) is 201 cm³/mol. The summed E-state index contributed by atoms with van der Waals surface area (Å²) in [5.41, 5.74) is -0.245. The van der Waals surface area contributed by atoms with Crippen LogP contribution >= 0.6 is 11.8 Å². The molecular weight excluding hydrogens is 726 g/mol. The van der Waals surface area contributed by atoms with Crippen molar-refractivity contribution in [3.05, 3.63) is 27.8 Å². The van der Waals surface area contributed by atoms with Crippen molar-refractivity contribution in [2.24, 2.45) is 0 Å². The van der Waals surface area contributed by atoms with E-state index < -0.39 is 17.0 Å². The van der Waals surface area contributed by atoms with Gasteiger partial charge in [0.15, 0.2) is 11.5 Å². The van der Waals surface area contributed by atoms with Crippen LogP contribution in [0.4, 0.5) is 10.5 Å². The molecule has 4 amide bonds. The number of hydrogen-bond acceptors (Lipinski definition) is 13. The summed E-state index contributed by atoms with van der Waals surface area (Å²) in [5, 5.41) is 23.8. The first-order valence-corrected chi connectivity index (χ1v) is 19.7. The number of unbranched alkanes of at least 4 members (excludes halogenated alkanes) is 1. The topological polar surface area (TPSA) is 215 Å². The SMILES string of the molecule is CCCC(=O)OC(C)c1cc(OC)c(OCCCC(=O)NCCOCCOCCOCCNC(=O)CCCC[C@@H]2SC[C@]3(C)NC(=O)N[C@H]23)cc1[N+](=O)[O-]. The standard InChI is InChI=1S/C36H57N5O12S/c1-5-9-33(44)53-25(2)26-22-28(48-4)29(23-27(26)41(46)47)52-15-8-12-32(43)38-14-17-50-19-21-51-20-18-49-16-13-37-31(42)11-7-6-10-30-34-36(3,24-54-30)40-35(45)39-34/h22-23,25,30,34H,5-21,24H2,1-4H3,(H,37,42)(H,38,43)(H2,39,40,45)/t25?,30-,34+,36-/m0/s1. The number of fused-ring (bicyclic) bond motifs is 1. The number of nitrogens with zero attached hydrogens (tertiary/aromatic N) is 1. The second kappa shape index (κ2) is 23.8. The van der Waals surface area contributed by atoms with Crippen molar-refractivity contribution in [2.75, 3.05) is 72.2 Å². The quantitative estimate of drug-likeness (QED) is 0.0315. The van der Waals surface area contributed by atoms with E-state index in [1.54, 1.807) is 6.92 Å². The van der Waals surface area contributed by atoms with Crippen molar-refractivity contribution >= 4 is 41.3 Å². The molecule has 1 aromatic carbocycles. The lowest BCUT2D eigenvalue weighted by molar-refractivity contribution is -0.386. The average molecular weight is 784 g/mol. The average Bonchev–Trinajstić information content (AvgIpc) is 3.60. The summed E-state index contributed by atoms with van der Waals surface area (Å²) in [5.74, 6) is 0.675. The van der Waals surface area contributed by atoms with E-state index in [1.807, 2.05) is 18.7 Å².